The van der Waals surface area contributed by atoms with Gasteiger partial charge in [0.1, 0.15) is 0 Å². The molecule has 0 radical (unpaired) electrons. The van der Waals surface area contributed by atoms with Crippen molar-refractivity contribution < 1.29 is 4.39 Å². The molecule has 0 saturated carbocycles. The molecule has 1 fully saturated rings. The molecule has 60 valence electrons. The quantitative estimate of drug-likeness (QED) is 0.618. The molecule has 0 amide bonds. The lowest BCUT2D eigenvalue weighted by atomic mass is 10.1. The van der Waals surface area contributed by atoms with Crippen LogP contribution in [0.15, 0.2) is 0 Å². The number of nitrogens with zero attached hydrogens (tertiary/aromatic N) is 1. The van der Waals surface area contributed by atoms with Gasteiger partial charge in [-0.05, 0) is 13.0 Å². The Morgan fingerprint density at radius 2 is 2.40 bits per heavy atom. The monoisotopic (exact) mass is 146 g/mol. The van der Waals surface area contributed by atoms with Gasteiger partial charge in [-0.15, -0.1) is 0 Å². The first-order valence-electron chi connectivity index (χ1n) is 3.85. The normalized spacial score (nSPS) is 27.6. The summed E-state index contributed by atoms with van der Waals surface area (Å²) in [6, 6.07) is 0. The van der Waals surface area contributed by atoms with E-state index >= 15 is 0 Å². The zero-order valence-corrected chi connectivity index (χ0v) is 6.22. The smallest absolute Gasteiger partial charge is 0.0935 e. The SMILES string of the molecule is NCCN1CC[C@@H](CF)C1. The molecule has 0 bridgehead atoms. The van der Waals surface area contributed by atoms with E-state index < -0.39 is 0 Å². The summed E-state index contributed by atoms with van der Waals surface area (Å²) in [6.07, 6.45) is 1.01. The van der Waals surface area contributed by atoms with Gasteiger partial charge in [-0.3, -0.25) is 4.39 Å². The van der Waals surface area contributed by atoms with Crippen LogP contribution in [-0.2, 0) is 0 Å². The summed E-state index contributed by atoms with van der Waals surface area (Å²) in [5.41, 5.74) is 5.36. The minimum absolute atomic E-state index is 0.166. The molecule has 0 aliphatic carbocycles. The molecule has 0 aromatic carbocycles. The summed E-state index contributed by atoms with van der Waals surface area (Å²) in [7, 11) is 0. The highest BCUT2D eigenvalue weighted by Gasteiger charge is 2.20. The van der Waals surface area contributed by atoms with E-state index in [1.54, 1.807) is 0 Å². The lowest BCUT2D eigenvalue weighted by Crippen LogP contribution is -2.27. The van der Waals surface area contributed by atoms with Crippen molar-refractivity contribution in [2.24, 2.45) is 11.7 Å². The van der Waals surface area contributed by atoms with Crippen LogP contribution in [-0.4, -0.2) is 37.8 Å². The molecule has 1 rings (SSSR count). The molecule has 1 saturated heterocycles. The van der Waals surface area contributed by atoms with E-state index in [1.807, 2.05) is 0 Å². The second-order valence-corrected chi connectivity index (χ2v) is 2.90. The summed E-state index contributed by atoms with van der Waals surface area (Å²) in [5, 5.41) is 0. The Hall–Kier alpha value is -0.150. The second-order valence-electron chi connectivity index (χ2n) is 2.90. The lowest BCUT2D eigenvalue weighted by Gasteiger charge is -2.12. The van der Waals surface area contributed by atoms with Crippen LogP contribution in [0.25, 0.3) is 0 Å². The Labute approximate surface area is 61.2 Å². The van der Waals surface area contributed by atoms with Crippen molar-refractivity contribution in [1.29, 1.82) is 0 Å². The van der Waals surface area contributed by atoms with Gasteiger partial charge in [-0.2, -0.15) is 0 Å². The van der Waals surface area contributed by atoms with Gasteiger partial charge in [0.15, 0.2) is 0 Å². The first-order valence-corrected chi connectivity index (χ1v) is 3.85. The van der Waals surface area contributed by atoms with Crippen LogP contribution in [0.2, 0.25) is 0 Å². The van der Waals surface area contributed by atoms with E-state index in [9.17, 15) is 4.39 Å². The molecule has 3 heteroatoms. The van der Waals surface area contributed by atoms with Gasteiger partial charge >= 0.3 is 0 Å². The van der Waals surface area contributed by atoms with Crippen LogP contribution in [0.1, 0.15) is 6.42 Å². The summed E-state index contributed by atoms with van der Waals surface area (Å²) in [4.78, 5) is 2.23. The van der Waals surface area contributed by atoms with Gasteiger partial charge in [0, 0.05) is 25.6 Å². The van der Waals surface area contributed by atoms with Crippen molar-refractivity contribution in [3.05, 3.63) is 0 Å². The minimum atomic E-state index is -0.166. The van der Waals surface area contributed by atoms with Gasteiger partial charge in [0.25, 0.3) is 0 Å². The third-order valence-corrected chi connectivity index (χ3v) is 2.03. The average molecular weight is 146 g/mol. The van der Waals surface area contributed by atoms with Crippen molar-refractivity contribution >= 4 is 0 Å². The van der Waals surface area contributed by atoms with Crippen LogP contribution in [0.3, 0.4) is 0 Å². The number of hydrogen-bond donors (Lipinski definition) is 1. The molecule has 1 aliphatic heterocycles. The highest BCUT2D eigenvalue weighted by molar-refractivity contribution is 4.74. The maximum atomic E-state index is 12.1. The molecule has 0 aromatic rings. The molecule has 1 atom stereocenters. The summed E-state index contributed by atoms with van der Waals surface area (Å²) < 4.78 is 12.1. The van der Waals surface area contributed by atoms with Crippen molar-refractivity contribution in [3.8, 4) is 0 Å². The van der Waals surface area contributed by atoms with Crippen molar-refractivity contribution in [3.63, 3.8) is 0 Å². The van der Waals surface area contributed by atoms with E-state index in [-0.39, 0.29) is 12.6 Å². The van der Waals surface area contributed by atoms with E-state index in [4.69, 9.17) is 5.73 Å². The predicted octanol–water partition coefficient (Wildman–Crippen LogP) is 0.236. The minimum Gasteiger partial charge on any atom is -0.329 e. The Balaban J connectivity index is 2.15. The summed E-state index contributed by atoms with van der Waals surface area (Å²) in [6.45, 7) is 3.40. The summed E-state index contributed by atoms with van der Waals surface area (Å²) in [5.74, 6) is 0.284. The van der Waals surface area contributed by atoms with Crippen LogP contribution in [0.4, 0.5) is 4.39 Å². The number of nitrogens with two attached hydrogens (primary N) is 1. The van der Waals surface area contributed by atoms with E-state index in [1.165, 1.54) is 0 Å². The number of hydrogen-bond acceptors (Lipinski definition) is 2. The number of rotatable bonds is 3. The number of likely N-dealkylation sites (tertiary alicyclic amines) is 1. The van der Waals surface area contributed by atoms with Gasteiger partial charge < -0.3 is 10.6 Å². The fraction of sp³-hybridized carbons (Fsp3) is 1.00. The first-order chi connectivity index (χ1) is 4.86. The maximum Gasteiger partial charge on any atom is 0.0935 e. The standard InChI is InChI=1S/C7H15FN2/c8-5-7-1-3-10(6-7)4-2-9/h7H,1-6,9H2/t7-/m0/s1. The number of halogens is 1. The molecule has 0 spiro atoms. The van der Waals surface area contributed by atoms with Gasteiger partial charge in [0.2, 0.25) is 0 Å². The molecule has 1 heterocycles. The maximum absolute atomic E-state index is 12.1. The van der Waals surface area contributed by atoms with E-state index in [2.05, 4.69) is 4.90 Å². The van der Waals surface area contributed by atoms with Crippen LogP contribution in [0.5, 0.6) is 0 Å². The molecule has 10 heavy (non-hydrogen) atoms. The fourth-order valence-corrected chi connectivity index (χ4v) is 1.42. The molecular formula is C7H15FN2. The molecule has 0 unspecified atom stereocenters. The van der Waals surface area contributed by atoms with Gasteiger partial charge in [-0.25, -0.2) is 0 Å². The van der Waals surface area contributed by atoms with Gasteiger partial charge in [-0.1, -0.05) is 0 Å². The second kappa shape index (κ2) is 3.88. The van der Waals surface area contributed by atoms with Crippen LogP contribution >= 0.6 is 0 Å². The molecular weight excluding hydrogens is 131 g/mol. The third kappa shape index (κ3) is 1.92. The fourth-order valence-electron chi connectivity index (χ4n) is 1.42. The molecule has 2 N–H and O–H groups in total. The van der Waals surface area contributed by atoms with Crippen LogP contribution in [0, 0.1) is 5.92 Å². The van der Waals surface area contributed by atoms with E-state index in [0.29, 0.717) is 6.54 Å². The van der Waals surface area contributed by atoms with Crippen molar-refractivity contribution in [2.75, 3.05) is 32.9 Å². The first kappa shape index (κ1) is 7.95. The largest absolute Gasteiger partial charge is 0.329 e. The van der Waals surface area contributed by atoms with Crippen molar-refractivity contribution in [2.45, 2.75) is 6.42 Å². The van der Waals surface area contributed by atoms with E-state index in [0.717, 1.165) is 26.1 Å². The zero-order valence-electron chi connectivity index (χ0n) is 6.22. The molecule has 1 aliphatic rings. The Morgan fingerprint density at radius 1 is 1.60 bits per heavy atom. The average Bonchev–Trinajstić information content (AvgIpc) is 2.37. The highest BCUT2D eigenvalue weighted by Crippen LogP contribution is 2.15. The molecule has 2 nitrogen and oxygen atoms in total. The predicted molar refractivity (Wildman–Crippen MR) is 39.6 cm³/mol. The van der Waals surface area contributed by atoms with Gasteiger partial charge in [0.05, 0.1) is 6.67 Å². The summed E-state index contributed by atoms with van der Waals surface area (Å²) >= 11 is 0. The zero-order chi connectivity index (χ0) is 7.40. The lowest BCUT2D eigenvalue weighted by molar-refractivity contribution is 0.309. The van der Waals surface area contributed by atoms with Crippen LogP contribution < -0.4 is 5.73 Å². The highest BCUT2D eigenvalue weighted by atomic mass is 19.1. The third-order valence-electron chi connectivity index (χ3n) is 2.03. The Bertz CT molecular complexity index is 97.6. The topological polar surface area (TPSA) is 29.3 Å². The molecule has 0 aromatic heterocycles. The number of alkyl halides is 1. The Kier molecular flexibility index (Phi) is 3.09. The van der Waals surface area contributed by atoms with Crippen molar-refractivity contribution in [1.82, 2.24) is 4.90 Å². The Morgan fingerprint density at radius 3 is 2.90 bits per heavy atom.